The highest BCUT2D eigenvalue weighted by atomic mass is 16.3. The summed E-state index contributed by atoms with van der Waals surface area (Å²) in [6.45, 7) is 2.88. The molecule has 5 nitrogen and oxygen atoms in total. The maximum Gasteiger partial charge on any atom is 0.239 e. The van der Waals surface area contributed by atoms with Crippen molar-refractivity contribution in [1.82, 2.24) is 4.90 Å². The molecule has 1 fully saturated rings. The van der Waals surface area contributed by atoms with E-state index in [1.54, 1.807) is 12.1 Å². The van der Waals surface area contributed by atoms with Crippen molar-refractivity contribution in [3.8, 4) is 5.75 Å². The second-order valence-corrected chi connectivity index (χ2v) is 6.12. The first-order valence-corrected chi connectivity index (χ1v) is 8.26. The van der Waals surface area contributed by atoms with Gasteiger partial charge in [0.15, 0.2) is 0 Å². The van der Waals surface area contributed by atoms with Crippen molar-refractivity contribution in [2.45, 2.75) is 12.5 Å². The van der Waals surface area contributed by atoms with Crippen LogP contribution in [0.3, 0.4) is 0 Å². The number of hydrogen-bond donors (Lipinski definition) is 2. The summed E-state index contributed by atoms with van der Waals surface area (Å²) in [5.74, 6) is 0.281. The van der Waals surface area contributed by atoms with Gasteiger partial charge >= 0.3 is 0 Å². The van der Waals surface area contributed by atoms with Gasteiger partial charge in [-0.15, -0.1) is 0 Å². The minimum absolute atomic E-state index is 0.0178. The number of nitrogens with two attached hydrogens (primary N) is 1. The van der Waals surface area contributed by atoms with Crippen LogP contribution in [-0.2, 0) is 11.2 Å². The molecule has 0 saturated carbocycles. The Morgan fingerprint density at radius 3 is 2.25 bits per heavy atom. The molecule has 2 aromatic rings. The Morgan fingerprint density at radius 1 is 1.00 bits per heavy atom. The molecule has 126 valence electrons. The molecular weight excluding hydrogens is 302 g/mol. The number of carbonyl (C=O) groups excluding carboxylic acids is 1. The number of phenols is 1. The normalized spacial score (nSPS) is 16.0. The fraction of sp³-hybridized carbons (Fsp3) is 0.316. The number of hydrogen-bond acceptors (Lipinski definition) is 4. The number of aromatic hydroxyl groups is 1. The molecule has 1 aliphatic heterocycles. The third kappa shape index (κ3) is 3.86. The van der Waals surface area contributed by atoms with Crippen molar-refractivity contribution in [3.05, 3.63) is 60.2 Å². The largest absolute Gasteiger partial charge is 0.508 e. The van der Waals surface area contributed by atoms with Crippen LogP contribution in [0.5, 0.6) is 5.75 Å². The van der Waals surface area contributed by atoms with Gasteiger partial charge in [-0.3, -0.25) is 4.79 Å². The van der Waals surface area contributed by atoms with E-state index in [-0.39, 0.29) is 11.7 Å². The number of anilines is 1. The molecule has 0 aliphatic carbocycles. The first-order valence-electron chi connectivity index (χ1n) is 8.26. The van der Waals surface area contributed by atoms with E-state index < -0.39 is 6.04 Å². The van der Waals surface area contributed by atoms with E-state index in [4.69, 9.17) is 5.73 Å². The van der Waals surface area contributed by atoms with Crippen LogP contribution in [0.15, 0.2) is 54.6 Å². The van der Waals surface area contributed by atoms with Gasteiger partial charge in [-0.25, -0.2) is 0 Å². The summed E-state index contributed by atoms with van der Waals surface area (Å²) in [4.78, 5) is 16.6. The Labute approximate surface area is 142 Å². The van der Waals surface area contributed by atoms with Gasteiger partial charge in [0.25, 0.3) is 0 Å². The Kier molecular flexibility index (Phi) is 5.01. The summed E-state index contributed by atoms with van der Waals surface area (Å²) in [7, 11) is 0. The maximum atomic E-state index is 12.5. The van der Waals surface area contributed by atoms with E-state index in [0.29, 0.717) is 19.5 Å². The summed E-state index contributed by atoms with van der Waals surface area (Å²) in [6.07, 6.45) is 0.567. The average molecular weight is 325 g/mol. The number of carbonyl (C=O) groups is 1. The lowest BCUT2D eigenvalue weighted by atomic mass is 10.1. The predicted octanol–water partition coefficient (Wildman–Crippen LogP) is 1.61. The van der Waals surface area contributed by atoms with E-state index in [0.717, 1.165) is 24.3 Å². The molecular formula is C19H23N3O2. The lowest BCUT2D eigenvalue weighted by Crippen LogP contribution is -2.53. The van der Waals surface area contributed by atoms with Gasteiger partial charge in [-0.2, -0.15) is 0 Å². The fourth-order valence-corrected chi connectivity index (χ4v) is 3.04. The predicted molar refractivity (Wildman–Crippen MR) is 95.0 cm³/mol. The zero-order valence-corrected chi connectivity index (χ0v) is 13.6. The molecule has 2 aromatic carbocycles. The monoisotopic (exact) mass is 325 g/mol. The molecule has 24 heavy (non-hydrogen) atoms. The summed E-state index contributed by atoms with van der Waals surface area (Å²) >= 11 is 0. The first-order chi connectivity index (χ1) is 11.6. The van der Waals surface area contributed by atoms with E-state index in [2.05, 4.69) is 4.90 Å². The van der Waals surface area contributed by atoms with Crippen molar-refractivity contribution in [1.29, 1.82) is 0 Å². The smallest absolute Gasteiger partial charge is 0.239 e. The van der Waals surface area contributed by atoms with Crippen molar-refractivity contribution < 1.29 is 9.90 Å². The minimum atomic E-state index is -0.493. The van der Waals surface area contributed by atoms with Gasteiger partial charge in [0.2, 0.25) is 5.91 Å². The molecule has 3 rings (SSSR count). The summed E-state index contributed by atoms with van der Waals surface area (Å²) in [5, 5.41) is 9.37. The average Bonchev–Trinajstić information content (AvgIpc) is 2.63. The van der Waals surface area contributed by atoms with E-state index in [9.17, 15) is 9.90 Å². The third-order valence-electron chi connectivity index (χ3n) is 4.42. The molecule has 1 amide bonds. The molecule has 0 aromatic heterocycles. The second kappa shape index (κ2) is 7.36. The lowest BCUT2D eigenvalue weighted by molar-refractivity contribution is -0.132. The molecule has 0 radical (unpaired) electrons. The van der Waals surface area contributed by atoms with Crippen LogP contribution in [0, 0.1) is 0 Å². The van der Waals surface area contributed by atoms with Crippen molar-refractivity contribution >= 4 is 11.6 Å². The van der Waals surface area contributed by atoms with E-state index in [1.807, 2.05) is 47.4 Å². The minimum Gasteiger partial charge on any atom is -0.508 e. The zero-order chi connectivity index (χ0) is 16.9. The maximum absolute atomic E-state index is 12.5. The van der Waals surface area contributed by atoms with Gasteiger partial charge in [-0.05, 0) is 36.2 Å². The molecule has 1 atom stereocenters. The van der Waals surface area contributed by atoms with Crippen LogP contribution >= 0.6 is 0 Å². The summed E-state index contributed by atoms with van der Waals surface area (Å²) in [6, 6.07) is 16.5. The van der Waals surface area contributed by atoms with Crippen molar-refractivity contribution in [3.63, 3.8) is 0 Å². The Hall–Kier alpha value is -2.53. The van der Waals surface area contributed by atoms with Gasteiger partial charge in [-0.1, -0.05) is 30.3 Å². The third-order valence-corrected chi connectivity index (χ3v) is 4.42. The van der Waals surface area contributed by atoms with E-state index in [1.165, 1.54) is 0 Å². The van der Waals surface area contributed by atoms with Gasteiger partial charge in [0, 0.05) is 31.9 Å². The highest BCUT2D eigenvalue weighted by Crippen LogP contribution is 2.20. The van der Waals surface area contributed by atoms with Gasteiger partial charge in [0.1, 0.15) is 5.75 Å². The van der Waals surface area contributed by atoms with Crippen LogP contribution in [0.2, 0.25) is 0 Å². The molecule has 1 aliphatic rings. The number of benzene rings is 2. The molecule has 1 saturated heterocycles. The molecule has 5 heteroatoms. The summed E-state index contributed by atoms with van der Waals surface area (Å²) in [5.41, 5.74) is 8.26. The highest BCUT2D eigenvalue weighted by Gasteiger charge is 2.25. The Bertz CT molecular complexity index is 665. The van der Waals surface area contributed by atoms with Crippen LogP contribution in [0.25, 0.3) is 0 Å². The van der Waals surface area contributed by atoms with Crippen LogP contribution < -0.4 is 10.6 Å². The number of rotatable bonds is 4. The first kappa shape index (κ1) is 16.3. The quantitative estimate of drug-likeness (QED) is 0.896. The highest BCUT2D eigenvalue weighted by molar-refractivity contribution is 5.82. The fourth-order valence-electron chi connectivity index (χ4n) is 3.04. The molecule has 0 spiro atoms. The van der Waals surface area contributed by atoms with E-state index >= 15 is 0 Å². The Morgan fingerprint density at radius 2 is 1.62 bits per heavy atom. The number of amides is 1. The molecule has 1 unspecified atom stereocenters. The summed E-state index contributed by atoms with van der Waals surface area (Å²) < 4.78 is 0. The Balaban J connectivity index is 1.54. The standard InChI is InChI=1S/C19H23N3O2/c20-18(14-15-4-2-1-3-5-15)19(24)22-12-10-21(11-13-22)16-6-8-17(23)9-7-16/h1-9,18,23H,10-14,20H2. The number of nitrogens with zero attached hydrogens (tertiary/aromatic N) is 2. The molecule has 1 heterocycles. The van der Waals surface area contributed by atoms with Crippen LogP contribution in [0.4, 0.5) is 5.69 Å². The topological polar surface area (TPSA) is 69.8 Å². The van der Waals surface area contributed by atoms with Gasteiger partial charge < -0.3 is 20.6 Å². The number of piperazine rings is 1. The van der Waals surface area contributed by atoms with Gasteiger partial charge in [0.05, 0.1) is 6.04 Å². The SMILES string of the molecule is NC(Cc1ccccc1)C(=O)N1CCN(c2ccc(O)cc2)CC1. The zero-order valence-electron chi connectivity index (χ0n) is 13.6. The van der Waals surface area contributed by atoms with Crippen LogP contribution in [0.1, 0.15) is 5.56 Å². The second-order valence-electron chi connectivity index (χ2n) is 6.12. The van der Waals surface area contributed by atoms with Crippen molar-refractivity contribution in [2.75, 3.05) is 31.1 Å². The van der Waals surface area contributed by atoms with Crippen molar-refractivity contribution in [2.24, 2.45) is 5.73 Å². The number of phenolic OH excluding ortho intramolecular Hbond substituents is 1. The lowest BCUT2D eigenvalue weighted by Gasteiger charge is -2.37. The van der Waals surface area contributed by atoms with Crippen LogP contribution in [-0.4, -0.2) is 48.1 Å². The molecule has 3 N–H and O–H groups in total. The molecule has 0 bridgehead atoms.